The molecule has 1 aliphatic heterocycles. The largest absolute Gasteiger partial charge is 0.480 e. The van der Waals surface area contributed by atoms with Crippen molar-refractivity contribution in [3.63, 3.8) is 0 Å². The van der Waals surface area contributed by atoms with Crippen LogP contribution in [0.4, 0.5) is 0 Å². The van der Waals surface area contributed by atoms with Crippen LogP contribution in [0, 0.1) is 0 Å². The highest BCUT2D eigenvalue weighted by molar-refractivity contribution is 5.69. The van der Waals surface area contributed by atoms with Crippen LogP contribution < -0.4 is 0 Å². The van der Waals surface area contributed by atoms with Gasteiger partial charge in [0.05, 0.1) is 25.4 Å². The fourth-order valence-corrected chi connectivity index (χ4v) is 2.21. The molecule has 2 N–H and O–H groups in total. The number of hydrogen-bond acceptors (Lipinski definition) is 5. The quantitative estimate of drug-likeness (QED) is 0.673. The van der Waals surface area contributed by atoms with Crippen LogP contribution in [0.15, 0.2) is 0 Å². The molecule has 1 atom stereocenters. The minimum Gasteiger partial charge on any atom is -0.480 e. The lowest BCUT2D eigenvalue weighted by Gasteiger charge is -2.24. The van der Waals surface area contributed by atoms with E-state index < -0.39 is 12.1 Å². The van der Waals surface area contributed by atoms with Gasteiger partial charge in [-0.2, -0.15) is 0 Å². The Kier molecular flexibility index (Phi) is 7.30. The Morgan fingerprint density at radius 3 is 2.47 bits per heavy atom. The van der Waals surface area contributed by atoms with E-state index in [2.05, 4.69) is 4.90 Å². The zero-order valence-electron chi connectivity index (χ0n) is 11.9. The van der Waals surface area contributed by atoms with Crippen LogP contribution in [0.1, 0.15) is 20.3 Å². The first-order valence-corrected chi connectivity index (χ1v) is 6.93. The summed E-state index contributed by atoms with van der Waals surface area (Å²) in [5.41, 5.74) is 0. The number of hydrogen-bond donors (Lipinski definition) is 2. The van der Waals surface area contributed by atoms with Gasteiger partial charge in [-0.05, 0) is 26.8 Å². The van der Waals surface area contributed by atoms with E-state index in [4.69, 9.17) is 9.84 Å². The van der Waals surface area contributed by atoms with Gasteiger partial charge in [0.1, 0.15) is 0 Å². The van der Waals surface area contributed by atoms with E-state index in [1.54, 1.807) is 0 Å². The van der Waals surface area contributed by atoms with Gasteiger partial charge in [0.15, 0.2) is 0 Å². The Morgan fingerprint density at radius 2 is 1.84 bits per heavy atom. The van der Waals surface area contributed by atoms with Crippen LogP contribution in [0.5, 0.6) is 0 Å². The Morgan fingerprint density at radius 1 is 1.21 bits per heavy atom. The number of aliphatic hydroxyl groups excluding tert-OH is 1. The summed E-state index contributed by atoms with van der Waals surface area (Å²) < 4.78 is 5.39. The Hall–Kier alpha value is -0.690. The van der Waals surface area contributed by atoms with Crippen LogP contribution in [-0.2, 0) is 9.53 Å². The molecule has 1 unspecified atom stereocenters. The average Bonchev–Trinajstić information content (AvgIpc) is 2.52. The third-order valence-electron chi connectivity index (χ3n) is 3.13. The standard InChI is InChI=1S/C13H26N2O4/c1-11(2)19-10-12(16)8-14-4-3-5-15(7-6-14)9-13(17)18/h11-12,16H,3-10H2,1-2H3,(H,17,18). The lowest BCUT2D eigenvalue weighted by molar-refractivity contribution is -0.138. The molecule has 1 fully saturated rings. The lowest BCUT2D eigenvalue weighted by Crippen LogP contribution is -2.38. The molecule has 19 heavy (non-hydrogen) atoms. The summed E-state index contributed by atoms with van der Waals surface area (Å²) in [4.78, 5) is 14.8. The van der Waals surface area contributed by atoms with E-state index in [0.29, 0.717) is 13.2 Å². The molecular weight excluding hydrogens is 248 g/mol. The van der Waals surface area contributed by atoms with Crippen molar-refractivity contribution >= 4 is 5.97 Å². The van der Waals surface area contributed by atoms with Gasteiger partial charge in [0.2, 0.25) is 0 Å². The molecule has 1 heterocycles. The SMILES string of the molecule is CC(C)OCC(O)CN1CCCN(CC(=O)O)CC1. The van der Waals surface area contributed by atoms with E-state index in [0.717, 1.165) is 32.6 Å². The zero-order valence-corrected chi connectivity index (χ0v) is 11.9. The molecule has 6 nitrogen and oxygen atoms in total. The number of ether oxygens (including phenoxy) is 1. The van der Waals surface area contributed by atoms with Crippen molar-refractivity contribution in [3.05, 3.63) is 0 Å². The second-order valence-corrected chi connectivity index (χ2v) is 5.36. The molecule has 0 aromatic rings. The molecule has 0 aromatic heterocycles. The normalized spacial score (nSPS) is 20.4. The van der Waals surface area contributed by atoms with Gasteiger partial charge in [-0.25, -0.2) is 0 Å². The maximum absolute atomic E-state index is 10.7. The third kappa shape index (κ3) is 7.47. The van der Waals surface area contributed by atoms with Crippen molar-refractivity contribution in [2.75, 3.05) is 45.9 Å². The van der Waals surface area contributed by atoms with Gasteiger partial charge in [0, 0.05) is 26.2 Å². The molecule has 0 aromatic carbocycles. The Labute approximate surface area is 114 Å². The highest BCUT2D eigenvalue weighted by Gasteiger charge is 2.18. The maximum Gasteiger partial charge on any atom is 0.317 e. The number of rotatable bonds is 7. The van der Waals surface area contributed by atoms with Gasteiger partial charge in [-0.1, -0.05) is 0 Å². The monoisotopic (exact) mass is 274 g/mol. The minimum atomic E-state index is -0.779. The maximum atomic E-state index is 10.7. The average molecular weight is 274 g/mol. The zero-order chi connectivity index (χ0) is 14.3. The summed E-state index contributed by atoms with van der Waals surface area (Å²) in [6.07, 6.45) is 0.587. The molecule has 0 amide bonds. The second kappa shape index (κ2) is 8.47. The number of carbonyl (C=O) groups is 1. The van der Waals surface area contributed by atoms with Gasteiger partial charge < -0.3 is 14.9 Å². The highest BCUT2D eigenvalue weighted by atomic mass is 16.5. The van der Waals surface area contributed by atoms with Gasteiger partial charge in [0.25, 0.3) is 0 Å². The van der Waals surface area contributed by atoms with Crippen molar-refractivity contribution in [3.8, 4) is 0 Å². The number of aliphatic hydroxyl groups is 1. The minimum absolute atomic E-state index is 0.104. The summed E-state index contributed by atoms with van der Waals surface area (Å²) in [6.45, 7) is 8.19. The van der Waals surface area contributed by atoms with Crippen LogP contribution in [0.2, 0.25) is 0 Å². The van der Waals surface area contributed by atoms with Crippen LogP contribution >= 0.6 is 0 Å². The molecule has 0 bridgehead atoms. The topological polar surface area (TPSA) is 73.2 Å². The van der Waals surface area contributed by atoms with Crippen LogP contribution in [0.25, 0.3) is 0 Å². The molecule has 0 saturated carbocycles. The predicted molar refractivity (Wildman–Crippen MR) is 72.2 cm³/mol. The molecule has 0 spiro atoms. The summed E-state index contributed by atoms with van der Waals surface area (Å²) in [7, 11) is 0. The van der Waals surface area contributed by atoms with E-state index in [1.807, 2.05) is 18.7 Å². The second-order valence-electron chi connectivity index (χ2n) is 5.36. The summed E-state index contributed by atoms with van der Waals surface area (Å²) in [5, 5.41) is 18.7. The molecule has 0 radical (unpaired) electrons. The van der Waals surface area contributed by atoms with Gasteiger partial charge in [-0.15, -0.1) is 0 Å². The number of carboxylic acid groups (broad SMARTS) is 1. The first kappa shape index (κ1) is 16.4. The van der Waals surface area contributed by atoms with Gasteiger partial charge in [-0.3, -0.25) is 14.6 Å². The first-order chi connectivity index (χ1) is 8.97. The molecule has 1 rings (SSSR count). The Balaban J connectivity index is 2.26. The molecule has 6 heteroatoms. The number of carboxylic acids is 1. The number of nitrogens with zero attached hydrogens (tertiary/aromatic N) is 2. The fraction of sp³-hybridized carbons (Fsp3) is 0.923. The molecular formula is C13H26N2O4. The Bertz CT molecular complexity index is 273. The van der Waals surface area contributed by atoms with Crippen molar-refractivity contribution in [1.82, 2.24) is 9.80 Å². The molecule has 112 valence electrons. The summed E-state index contributed by atoms with van der Waals surface area (Å²) in [6, 6.07) is 0. The van der Waals surface area contributed by atoms with E-state index >= 15 is 0 Å². The lowest BCUT2D eigenvalue weighted by atomic mass is 10.3. The van der Waals surface area contributed by atoms with Crippen molar-refractivity contribution in [2.24, 2.45) is 0 Å². The molecule has 0 aliphatic carbocycles. The highest BCUT2D eigenvalue weighted by Crippen LogP contribution is 2.04. The number of β-amino-alcohol motifs (C(OH)–C–C–N with tert-alkyl or cyclic N) is 1. The fourth-order valence-electron chi connectivity index (χ4n) is 2.21. The van der Waals surface area contributed by atoms with Crippen molar-refractivity contribution in [1.29, 1.82) is 0 Å². The summed E-state index contributed by atoms with van der Waals surface area (Å²) >= 11 is 0. The smallest absolute Gasteiger partial charge is 0.317 e. The predicted octanol–water partition coefficient (Wildman–Crippen LogP) is -0.135. The third-order valence-corrected chi connectivity index (χ3v) is 3.13. The number of aliphatic carboxylic acids is 1. The summed E-state index contributed by atoms with van der Waals surface area (Å²) in [5.74, 6) is -0.779. The van der Waals surface area contributed by atoms with Crippen molar-refractivity contribution in [2.45, 2.75) is 32.5 Å². The van der Waals surface area contributed by atoms with Crippen LogP contribution in [0.3, 0.4) is 0 Å². The molecule has 1 aliphatic rings. The van der Waals surface area contributed by atoms with E-state index in [-0.39, 0.29) is 12.6 Å². The van der Waals surface area contributed by atoms with E-state index in [9.17, 15) is 9.90 Å². The first-order valence-electron chi connectivity index (χ1n) is 6.93. The van der Waals surface area contributed by atoms with Crippen LogP contribution in [-0.4, -0.2) is 84.1 Å². The molecule has 1 saturated heterocycles. The van der Waals surface area contributed by atoms with Crippen molar-refractivity contribution < 1.29 is 19.7 Å². The van der Waals surface area contributed by atoms with Gasteiger partial charge >= 0.3 is 5.97 Å². The van der Waals surface area contributed by atoms with E-state index in [1.165, 1.54) is 0 Å².